The molecule has 0 saturated carbocycles. The number of benzene rings is 1. The highest BCUT2D eigenvalue weighted by Crippen LogP contribution is 2.35. The Bertz CT molecular complexity index is 568. The highest BCUT2D eigenvalue weighted by molar-refractivity contribution is 5.84. The largest absolute Gasteiger partial charge is 0.356 e. The van der Waals surface area contributed by atoms with Gasteiger partial charge in [0.25, 0.3) is 0 Å². The smallest absolute Gasteiger partial charge is 0.225 e. The predicted octanol–water partition coefficient (Wildman–Crippen LogP) is 1.97. The fraction of sp³-hybridized carbons (Fsp3) is 0.579. The Kier molecular flexibility index (Phi) is 6.37. The normalized spacial score (nSPS) is 21.2. The summed E-state index contributed by atoms with van der Waals surface area (Å²) in [6.07, 6.45) is 1.98. The van der Waals surface area contributed by atoms with E-state index in [9.17, 15) is 9.59 Å². The summed E-state index contributed by atoms with van der Waals surface area (Å²) in [5, 5.41) is 3.05. The lowest BCUT2D eigenvalue weighted by Gasteiger charge is -2.38. The average molecular weight is 331 g/mol. The molecule has 132 valence electrons. The van der Waals surface area contributed by atoms with Crippen LogP contribution in [0.5, 0.6) is 0 Å². The molecule has 24 heavy (non-hydrogen) atoms. The van der Waals surface area contributed by atoms with E-state index in [2.05, 4.69) is 10.2 Å². The summed E-state index contributed by atoms with van der Waals surface area (Å²) in [6, 6.07) is 7.95. The first-order chi connectivity index (χ1) is 11.4. The van der Waals surface area contributed by atoms with Crippen LogP contribution in [0.15, 0.2) is 24.3 Å². The van der Waals surface area contributed by atoms with Gasteiger partial charge in [0.15, 0.2) is 0 Å². The molecule has 2 amide bonds. The fourth-order valence-corrected chi connectivity index (χ4v) is 3.27. The Hall–Kier alpha value is -1.88. The quantitative estimate of drug-likeness (QED) is 0.811. The predicted molar refractivity (Wildman–Crippen MR) is 95.6 cm³/mol. The van der Waals surface area contributed by atoms with Crippen molar-refractivity contribution in [3.8, 4) is 0 Å². The van der Waals surface area contributed by atoms with Crippen LogP contribution in [-0.2, 0) is 9.59 Å². The van der Waals surface area contributed by atoms with Gasteiger partial charge in [-0.2, -0.15) is 0 Å². The third kappa shape index (κ3) is 4.57. The molecule has 1 heterocycles. The molecule has 1 N–H and O–H groups in total. The van der Waals surface area contributed by atoms with Crippen LogP contribution in [0.1, 0.15) is 36.4 Å². The third-order valence-electron chi connectivity index (χ3n) is 4.70. The number of rotatable bonds is 6. The first-order valence-electron chi connectivity index (χ1n) is 8.65. The van der Waals surface area contributed by atoms with Crippen molar-refractivity contribution in [1.29, 1.82) is 0 Å². The molecule has 0 unspecified atom stereocenters. The molecule has 2 atom stereocenters. The highest BCUT2D eigenvalue weighted by atomic mass is 16.2. The molecule has 1 aliphatic rings. The minimum absolute atomic E-state index is 0.0543. The monoisotopic (exact) mass is 331 g/mol. The second kappa shape index (κ2) is 8.29. The maximum atomic E-state index is 12.7. The average Bonchev–Trinajstić information content (AvgIpc) is 2.54. The maximum Gasteiger partial charge on any atom is 0.225 e. The third-order valence-corrected chi connectivity index (χ3v) is 4.70. The summed E-state index contributed by atoms with van der Waals surface area (Å²) in [5.41, 5.74) is 2.21. The van der Waals surface area contributed by atoms with E-state index in [-0.39, 0.29) is 23.8 Å². The van der Waals surface area contributed by atoms with Gasteiger partial charge in [-0.1, -0.05) is 29.8 Å². The van der Waals surface area contributed by atoms with Gasteiger partial charge in [0.2, 0.25) is 11.8 Å². The molecular formula is C19H29N3O2. The van der Waals surface area contributed by atoms with E-state index in [0.29, 0.717) is 19.4 Å². The van der Waals surface area contributed by atoms with Gasteiger partial charge >= 0.3 is 0 Å². The summed E-state index contributed by atoms with van der Waals surface area (Å²) in [7, 11) is 5.85. The van der Waals surface area contributed by atoms with Crippen LogP contribution in [0.3, 0.4) is 0 Å². The zero-order chi connectivity index (χ0) is 17.7. The number of hydrogen-bond acceptors (Lipinski definition) is 3. The molecule has 5 nitrogen and oxygen atoms in total. The van der Waals surface area contributed by atoms with Crippen LogP contribution in [0.4, 0.5) is 0 Å². The van der Waals surface area contributed by atoms with Crippen LogP contribution < -0.4 is 5.32 Å². The van der Waals surface area contributed by atoms with E-state index in [1.165, 1.54) is 5.56 Å². The Morgan fingerprint density at radius 2 is 1.96 bits per heavy atom. The SMILES string of the molecule is Cc1ccc([C@H]2[C@@H](C(=O)NCCCN(C)C)CCC(=O)N2C)cc1. The molecule has 0 radical (unpaired) electrons. The first-order valence-corrected chi connectivity index (χ1v) is 8.65. The minimum atomic E-state index is -0.185. The number of hydrogen-bond donors (Lipinski definition) is 1. The van der Waals surface area contributed by atoms with Gasteiger partial charge in [-0.3, -0.25) is 9.59 Å². The molecule has 5 heteroatoms. The summed E-state index contributed by atoms with van der Waals surface area (Å²) in [6.45, 7) is 3.66. The minimum Gasteiger partial charge on any atom is -0.356 e. The highest BCUT2D eigenvalue weighted by Gasteiger charge is 2.38. The van der Waals surface area contributed by atoms with Crippen molar-refractivity contribution >= 4 is 11.8 Å². The van der Waals surface area contributed by atoms with E-state index in [1.54, 1.807) is 11.9 Å². The lowest BCUT2D eigenvalue weighted by Crippen LogP contribution is -2.46. The second-order valence-electron chi connectivity index (χ2n) is 6.95. The summed E-state index contributed by atoms with van der Waals surface area (Å²) in [5.74, 6) is -0.0225. The van der Waals surface area contributed by atoms with Crippen LogP contribution in [0.25, 0.3) is 0 Å². The standard InChI is InChI=1S/C19H29N3O2/c1-14-6-8-15(9-7-14)18-16(10-11-17(23)22(18)4)19(24)20-12-5-13-21(2)3/h6-9,16,18H,5,10-13H2,1-4H3,(H,20,24)/t16-,18-/m0/s1. The van der Waals surface area contributed by atoms with Crippen molar-refractivity contribution in [2.45, 2.75) is 32.2 Å². The maximum absolute atomic E-state index is 12.7. The number of aryl methyl sites for hydroxylation is 1. The zero-order valence-corrected chi connectivity index (χ0v) is 15.2. The van der Waals surface area contributed by atoms with E-state index in [1.807, 2.05) is 45.3 Å². The van der Waals surface area contributed by atoms with Gasteiger partial charge in [0, 0.05) is 20.0 Å². The summed E-state index contributed by atoms with van der Waals surface area (Å²) in [4.78, 5) is 28.7. The summed E-state index contributed by atoms with van der Waals surface area (Å²) < 4.78 is 0. The van der Waals surface area contributed by atoms with Crippen LogP contribution in [0.2, 0.25) is 0 Å². The Labute approximate surface area is 145 Å². The van der Waals surface area contributed by atoms with Gasteiger partial charge in [0.1, 0.15) is 0 Å². The molecule has 1 aromatic rings. The molecule has 1 aliphatic heterocycles. The van der Waals surface area contributed by atoms with Crippen molar-refractivity contribution in [2.24, 2.45) is 5.92 Å². The molecule has 1 fully saturated rings. The zero-order valence-electron chi connectivity index (χ0n) is 15.2. The van der Waals surface area contributed by atoms with Crippen LogP contribution in [-0.4, -0.2) is 55.8 Å². The van der Waals surface area contributed by atoms with Gasteiger partial charge < -0.3 is 15.1 Å². The lowest BCUT2D eigenvalue weighted by molar-refractivity contribution is -0.141. The number of carbonyl (C=O) groups excluding carboxylic acids is 2. The molecule has 0 aromatic heterocycles. The Balaban J connectivity index is 2.08. The number of amides is 2. The van der Waals surface area contributed by atoms with Crippen molar-refractivity contribution in [3.63, 3.8) is 0 Å². The molecule has 1 aromatic carbocycles. The van der Waals surface area contributed by atoms with Gasteiger partial charge in [-0.05, 0) is 46.0 Å². The molecular weight excluding hydrogens is 302 g/mol. The van der Waals surface area contributed by atoms with Gasteiger partial charge in [-0.15, -0.1) is 0 Å². The van der Waals surface area contributed by atoms with Crippen LogP contribution in [0, 0.1) is 12.8 Å². The van der Waals surface area contributed by atoms with Crippen LogP contribution >= 0.6 is 0 Å². The van der Waals surface area contributed by atoms with E-state index >= 15 is 0 Å². The second-order valence-corrected chi connectivity index (χ2v) is 6.95. The van der Waals surface area contributed by atoms with E-state index < -0.39 is 0 Å². The number of nitrogens with zero attached hydrogens (tertiary/aromatic N) is 2. The lowest BCUT2D eigenvalue weighted by atomic mass is 9.83. The first kappa shape index (κ1) is 18.5. The fourth-order valence-electron chi connectivity index (χ4n) is 3.27. The molecule has 1 saturated heterocycles. The van der Waals surface area contributed by atoms with Crippen molar-refractivity contribution in [3.05, 3.63) is 35.4 Å². The van der Waals surface area contributed by atoms with Gasteiger partial charge in [0.05, 0.1) is 12.0 Å². The topological polar surface area (TPSA) is 52.7 Å². The number of nitrogens with one attached hydrogen (secondary N) is 1. The summed E-state index contributed by atoms with van der Waals surface area (Å²) >= 11 is 0. The molecule has 2 rings (SSSR count). The van der Waals surface area contributed by atoms with Crippen molar-refractivity contribution < 1.29 is 9.59 Å². The van der Waals surface area contributed by atoms with Gasteiger partial charge in [-0.25, -0.2) is 0 Å². The van der Waals surface area contributed by atoms with Crippen molar-refractivity contribution in [2.75, 3.05) is 34.2 Å². The van der Waals surface area contributed by atoms with Crippen molar-refractivity contribution in [1.82, 2.24) is 15.1 Å². The number of carbonyl (C=O) groups is 2. The Morgan fingerprint density at radius 3 is 2.58 bits per heavy atom. The number of likely N-dealkylation sites (tertiary alicyclic amines) is 1. The van der Waals surface area contributed by atoms with E-state index in [4.69, 9.17) is 0 Å². The Morgan fingerprint density at radius 1 is 1.29 bits per heavy atom. The number of piperidine rings is 1. The van der Waals surface area contributed by atoms with E-state index in [0.717, 1.165) is 18.5 Å². The molecule has 0 bridgehead atoms. The molecule has 0 spiro atoms. The molecule has 0 aliphatic carbocycles.